The minimum absolute atomic E-state index is 0.205. The Morgan fingerprint density at radius 3 is 2.34 bits per heavy atom. The van der Waals surface area contributed by atoms with E-state index in [0.29, 0.717) is 24.3 Å². The summed E-state index contributed by atoms with van der Waals surface area (Å²) in [6.07, 6.45) is 2.31. The fourth-order valence-electron chi connectivity index (χ4n) is 2.74. The zero-order valence-corrected chi connectivity index (χ0v) is 15.5. The van der Waals surface area contributed by atoms with Crippen LogP contribution >= 0.6 is 0 Å². The molecule has 1 heterocycles. The maximum atomic E-state index is 14.0. The highest BCUT2D eigenvalue weighted by Crippen LogP contribution is 2.27. The van der Waals surface area contributed by atoms with Crippen molar-refractivity contribution < 1.29 is 33.3 Å². The summed E-state index contributed by atoms with van der Waals surface area (Å²) in [5, 5.41) is 18.9. The predicted molar refractivity (Wildman–Crippen MR) is 102 cm³/mol. The average molecular weight is 405 g/mol. The van der Waals surface area contributed by atoms with Gasteiger partial charge >= 0.3 is 11.9 Å². The first kappa shape index (κ1) is 22.2. The topological polar surface area (TPSA) is 95.9 Å². The molecule has 0 spiro atoms. The summed E-state index contributed by atoms with van der Waals surface area (Å²) < 4.78 is 32.9. The normalized spacial score (nSPS) is 15.7. The van der Waals surface area contributed by atoms with Crippen molar-refractivity contribution in [2.45, 2.75) is 19.1 Å². The number of benzene rings is 2. The van der Waals surface area contributed by atoms with Gasteiger partial charge in [-0.05, 0) is 36.2 Å². The zero-order valence-electron chi connectivity index (χ0n) is 15.5. The van der Waals surface area contributed by atoms with Crippen molar-refractivity contribution in [3.05, 3.63) is 71.8 Å². The number of carboxylic acid groups (broad SMARTS) is 2. The van der Waals surface area contributed by atoms with Crippen LogP contribution in [0.5, 0.6) is 0 Å². The second kappa shape index (κ2) is 11.0. The first-order valence-electron chi connectivity index (χ1n) is 8.86. The molecule has 0 aromatic heterocycles. The van der Waals surface area contributed by atoms with Crippen molar-refractivity contribution >= 4 is 11.9 Å². The molecule has 8 heteroatoms. The lowest BCUT2D eigenvalue weighted by Crippen LogP contribution is -2.16. The zero-order chi connectivity index (χ0) is 21.2. The maximum absolute atomic E-state index is 14.0. The molecule has 3 rings (SSSR count). The number of nitrogens with one attached hydrogen (secondary N) is 1. The smallest absolute Gasteiger partial charge is 0.328 e. The van der Waals surface area contributed by atoms with Gasteiger partial charge in [0.15, 0.2) is 0 Å². The van der Waals surface area contributed by atoms with E-state index in [0.717, 1.165) is 36.7 Å². The lowest BCUT2D eigenvalue weighted by Gasteiger charge is -2.14. The fraction of sp³-hybridized carbons (Fsp3) is 0.238. The Morgan fingerprint density at radius 1 is 1.07 bits per heavy atom. The van der Waals surface area contributed by atoms with Crippen LogP contribution in [0.4, 0.5) is 8.78 Å². The van der Waals surface area contributed by atoms with Gasteiger partial charge in [-0.15, -0.1) is 0 Å². The maximum Gasteiger partial charge on any atom is 0.328 e. The van der Waals surface area contributed by atoms with Crippen LogP contribution in [-0.4, -0.2) is 41.3 Å². The molecule has 1 fully saturated rings. The van der Waals surface area contributed by atoms with Gasteiger partial charge < -0.3 is 20.3 Å². The number of carbonyl (C=O) groups is 2. The Bertz CT molecular complexity index is 863. The third-order valence-electron chi connectivity index (χ3n) is 4.10. The summed E-state index contributed by atoms with van der Waals surface area (Å²) in [4.78, 5) is 19.1. The Morgan fingerprint density at radius 2 is 1.76 bits per heavy atom. The summed E-state index contributed by atoms with van der Waals surface area (Å²) in [7, 11) is 0. The van der Waals surface area contributed by atoms with E-state index in [-0.39, 0.29) is 6.10 Å². The van der Waals surface area contributed by atoms with Gasteiger partial charge in [0.05, 0.1) is 12.7 Å². The van der Waals surface area contributed by atoms with Crippen LogP contribution in [0.25, 0.3) is 11.1 Å². The molecule has 1 atom stereocenters. The molecule has 0 unspecified atom stereocenters. The summed E-state index contributed by atoms with van der Waals surface area (Å²) in [6.45, 7) is 2.26. The van der Waals surface area contributed by atoms with Gasteiger partial charge in [-0.2, -0.15) is 0 Å². The molecule has 0 aliphatic carbocycles. The summed E-state index contributed by atoms with van der Waals surface area (Å²) >= 11 is 0. The third kappa shape index (κ3) is 7.44. The van der Waals surface area contributed by atoms with E-state index in [2.05, 4.69) is 5.32 Å². The monoisotopic (exact) mass is 405 g/mol. The van der Waals surface area contributed by atoms with Crippen LogP contribution in [0.15, 0.2) is 54.6 Å². The first-order valence-corrected chi connectivity index (χ1v) is 8.86. The van der Waals surface area contributed by atoms with Crippen molar-refractivity contribution in [3.63, 3.8) is 0 Å². The number of hydrogen-bond acceptors (Lipinski definition) is 4. The highest BCUT2D eigenvalue weighted by Gasteiger charge is 2.16. The van der Waals surface area contributed by atoms with Crippen molar-refractivity contribution in [3.8, 4) is 11.1 Å². The lowest BCUT2D eigenvalue weighted by atomic mass is 9.99. The van der Waals surface area contributed by atoms with E-state index in [1.165, 1.54) is 12.1 Å². The van der Waals surface area contributed by atoms with Crippen molar-refractivity contribution in [2.24, 2.45) is 0 Å². The van der Waals surface area contributed by atoms with E-state index < -0.39 is 23.6 Å². The number of hydrogen-bond donors (Lipinski definition) is 3. The highest BCUT2D eigenvalue weighted by atomic mass is 19.1. The van der Waals surface area contributed by atoms with Crippen LogP contribution in [0, 0.1) is 11.6 Å². The Labute approximate surface area is 166 Å². The lowest BCUT2D eigenvalue weighted by molar-refractivity contribution is -0.134. The number of rotatable bonds is 6. The molecule has 0 saturated carbocycles. The molecular formula is C21H21F2NO5. The van der Waals surface area contributed by atoms with Crippen LogP contribution in [-0.2, 0) is 20.9 Å². The highest BCUT2D eigenvalue weighted by molar-refractivity contribution is 5.89. The Kier molecular flexibility index (Phi) is 8.45. The summed E-state index contributed by atoms with van der Waals surface area (Å²) in [6, 6.07) is 11.2. The number of halogens is 2. The van der Waals surface area contributed by atoms with E-state index in [1.807, 2.05) is 24.3 Å². The molecule has 1 saturated heterocycles. The quantitative estimate of drug-likeness (QED) is 0.639. The molecule has 2 aromatic carbocycles. The number of ether oxygens (including phenoxy) is 1. The molecular weight excluding hydrogens is 384 g/mol. The largest absolute Gasteiger partial charge is 0.478 e. The second-order valence-corrected chi connectivity index (χ2v) is 6.22. The van der Waals surface area contributed by atoms with Crippen LogP contribution in [0.2, 0.25) is 0 Å². The number of carboxylic acids is 2. The molecule has 6 nitrogen and oxygen atoms in total. The van der Waals surface area contributed by atoms with E-state index in [4.69, 9.17) is 14.9 Å². The standard InChI is InChI=1S/C17H17F2NO.C4H4O4/c18-13-5-6-16(17(19)9-13)15-4-2-1-3-12(15)11-21-14-7-8-20-10-14;5-3(6)1-2-4(7)8/h1-6,9,14,20H,7-8,10-11H2;1-2H,(H,5,6)(H,7,8)/t14-;/m1./s1. The van der Waals surface area contributed by atoms with Crippen molar-refractivity contribution in [1.82, 2.24) is 5.32 Å². The van der Waals surface area contributed by atoms with Gasteiger partial charge in [-0.1, -0.05) is 24.3 Å². The molecule has 1 aliphatic rings. The van der Waals surface area contributed by atoms with Gasteiger partial charge in [0.2, 0.25) is 0 Å². The van der Waals surface area contributed by atoms with Crippen molar-refractivity contribution in [2.75, 3.05) is 13.1 Å². The molecule has 0 radical (unpaired) electrons. The van der Waals surface area contributed by atoms with Gasteiger partial charge in [0, 0.05) is 30.3 Å². The Balaban J connectivity index is 0.000000321. The van der Waals surface area contributed by atoms with Gasteiger partial charge in [0.1, 0.15) is 11.6 Å². The minimum Gasteiger partial charge on any atom is -0.478 e. The Hall–Kier alpha value is -3.10. The van der Waals surface area contributed by atoms with Crippen LogP contribution < -0.4 is 5.32 Å². The molecule has 29 heavy (non-hydrogen) atoms. The molecule has 1 aliphatic heterocycles. The van der Waals surface area contributed by atoms with E-state index in [9.17, 15) is 18.4 Å². The van der Waals surface area contributed by atoms with Crippen LogP contribution in [0.1, 0.15) is 12.0 Å². The molecule has 2 aromatic rings. The number of aliphatic carboxylic acids is 2. The molecule has 0 amide bonds. The SMILES string of the molecule is Fc1ccc(-c2ccccc2CO[C@@H]2CCNC2)c(F)c1.O=C(O)C=CC(=O)O. The van der Waals surface area contributed by atoms with Gasteiger partial charge in [0.25, 0.3) is 0 Å². The van der Waals surface area contributed by atoms with Crippen LogP contribution in [0.3, 0.4) is 0 Å². The minimum atomic E-state index is -1.26. The molecule has 154 valence electrons. The summed E-state index contributed by atoms with van der Waals surface area (Å²) in [5.74, 6) is -3.63. The molecule has 3 N–H and O–H groups in total. The fourth-order valence-corrected chi connectivity index (χ4v) is 2.74. The van der Waals surface area contributed by atoms with E-state index in [1.54, 1.807) is 0 Å². The summed E-state index contributed by atoms with van der Waals surface area (Å²) in [5.41, 5.74) is 2.07. The molecule has 0 bridgehead atoms. The van der Waals surface area contributed by atoms with Crippen molar-refractivity contribution in [1.29, 1.82) is 0 Å². The van der Waals surface area contributed by atoms with Gasteiger partial charge in [-0.3, -0.25) is 0 Å². The first-order chi connectivity index (χ1) is 13.9. The average Bonchev–Trinajstić information content (AvgIpc) is 3.19. The predicted octanol–water partition coefficient (Wildman–Crippen LogP) is 3.22. The third-order valence-corrected chi connectivity index (χ3v) is 4.10. The second-order valence-electron chi connectivity index (χ2n) is 6.22. The van der Waals surface area contributed by atoms with Gasteiger partial charge in [-0.25, -0.2) is 18.4 Å². The van der Waals surface area contributed by atoms with E-state index >= 15 is 0 Å².